The summed E-state index contributed by atoms with van der Waals surface area (Å²) in [5, 5.41) is 15.8. The van der Waals surface area contributed by atoms with Crippen molar-refractivity contribution in [1.29, 1.82) is 5.26 Å². The monoisotopic (exact) mass is 485 g/mol. The first-order valence-corrected chi connectivity index (χ1v) is 11.5. The van der Waals surface area contributed by atoms with E-state index in [1.165, 1.54) is 11.6 Å². The molecule has 3 aromatic heterocycles. The van der Waals surface area contributed by atoms with Gasteiger partial charge >= 0.3 is 0 Å². The van der Waals surface area contributed by atoms with Gasteiger partial charge in [0.1, 0.15) is 16.1 Å². The zero-order chi connectivity index (χ0) is 24.4. The van der Waals surface area contributed by atoms with E-state index in [2.05, 4.69) is 54.8 Å². The molecular formula is C24H29Cl2N7. The number of hydrogen-bond donors (Lipinski definition) is 0. The van der Waals surface area contributed by atoms with E-state index in [9.17, 15) is 5.26 Å². The number of nitriles is 1. The summed E-state index contributed by atoms with van der Waals surface area (Å²) in [6, 6.07) is 7.86. The molecule has 0 aliphatic heterocycles. The smallest absolute Gasteiger partial charge is 0.158 e. The van der Waals surface area contributed by atoms with E-state index in [1.54, 1.807) is 12.1 Å². The Kier molecular flexibility index (Phi) is 7.51. The molecule has 3 rings (SSSR count). The molecule has 9 heteroatoms. The number of aryl methyl sites for hydroxylation is 2. The standard InChI is InChI=1S/C24H29Cl2N7/c1-14(2)19-10-17(28-24-23(19)16(5)30-32(24)7)13-33(15(3)4)22(8-9-27)31(6)18-11-20(25)29-21(26)12-18/h8,10-12,14-15H,13H2,1-7H3/b22-8+. The number of halogens is 2. The minimum Gasteiger partial charge on any atom is -0.349 e. The second kappa shape index (κ2) is 9.98. The van der Waals surface area contributed by atoms with Crippen LogP contribution in [-0.2, 0) is 13.6 Å². The van der Waals surface area contributed by atoms with Crippen LogP contribution in [0.25, 0.3) is 11.0 Å². The Labute approximate surface area is 205 Å². The largest absolute Gasteiger partial charge is 0.349 e. The third-order valence-corrected chi connectivity index (χ3v) is 5.98. The Bertz CT molecular complexity index is 1220. The zero-order valence-corrected chi connectivity index (χ0v) is 21.6. The summed E-state index contributed by atoms with van der Waals surface area (Å²) in [6.07, 6.45) is 1.53. The van der Waals surface area contributed by atoms with Crippen molar-refractivity contribution in [2.75, 3.05) is 11.9 Å². The van der Waals surface area contributed by atoms with Gasteiger partial charge in [-0.3, -0.25) is 4.68 Å². The number of anilines is 1. The fourth-order valence-corrected chi connectivity index (χ4v) is 4.43. The molecule has 7 nitrogen and oxygen atoms in total. The minimum absolute atomic E-state index is 0.0908. The van der Waals surface area contributed by atoms with Crippen LogP contribution in [0.5, 0.6) is 0 Å². The molecule has 33 heavy (non-hydrogen) atoms. The van der Waals surface area contributed by atoms with E-state index >= 15 is 0 Å². The van der Waals surface area contributed by atoms with Crippen molar-refractivity contribution in [3.8, 4) is 6.07 Å². The molecule has 0 amide bonds. The highest BCUT2D eigenvalue weighted by molar-refractivity contribution is 6.32. The van der Waals surface area contributed by atoms with Crippen molar-refractivity contribution in [1.82, 2.24) is 24.6 Å². The fraction of sp³-hybridized carbons (Fsp3) is 0.417. The fourth-order valence-electron chi connectivity index (χ4n) is 3.98. The number of aromatic nitrogens is 4. The van der Waals surface area contributed by atoms with Crippen LogP contribution in [-0.4, -0.2) is 37.7 Å². The summed E-state index contributed by atoms with van der Waals surface area (Å²) in [7, 11) is 3.79. The summed E-state index contributed by atoms with van der Waals surface area (Å²) in [5.41, 5.74) is 4.71. The summed E-state index contributed by atoms with van der Waals surface area (Å²) in [4.78, 5) is 13.0. The van der Waals surface area contributed by atoms with E-state index in [1.807, 2.05) is 30.6 Å². The second-order valence-electron chi connectivity index (χ2n) is 8.65. The van der Waals surface area contributed by atoms with Crippen molar-refractivity contribution in [2.45, 2.75) is 53.1 Å². The molecule has 0 atom stereocenters. The van der Waals surface area contributed by atoms with Gasteiger partial charge in [-0.25, -0.2) is 9.97 Å². The van der Waals surface area contributed by atoms with Gasteiger partial charge in [0.05, 0.1) is 30.1 Å². The minimum atomic E-state index is 0.0908. The molecule has 0 aliphatic carbocycles. The maximum Gasteiger partial charge on any atom is 0.158 e. The molecule has 0 aromatic carbocycles. The molecule has 0 radical (unpaired) electrons. The number of allylic oxidation sites excluding steroid dienone is 1. The van der Waals surface area contributed by atoms with Gasteiger partial charge in [0.2, 0.25) is 0 Å². The lowest BCUT2D eigenvalue weighted by molar-refractivity contribution is 0.267. The van der Waals surface area contributed by atoms with Crippen LogP contribution in [0, 0.1) is 18.3 Å². The van der Waals surface area contributed by atoms with Gasteiger partial charge in [0.25, 0.3) is 0 Å². The molecule has 0 saturated carbocycles. The van der Waals surface area contributed by atoms with Crippen molar-refractivity contribution in [2.24, 2.45) is 7.05 Å². The highest BCUT2D eigenvalue weighted by atomic mass is 35.5. The molecule has 0 saturated heterocycles. The molecule has 3 aromatic rings. The van der Waals surface area contributed by atoms with E-state index in [4.69, 9.17) is 28.2 Å². The van der Waals surface area contributed by atoms with Gasteiger partial charge < -0.3 is 9.80 Å². The van der Waals surface area contributed by atoms with E-state index < -0.39 is 0 Å². The number of pyridine rings is 2. The Morgan fingerprint density at radius 3 is 2.33 bits per heavy atom. The van der Waals surface area contributed by atoms with Crippen LogP contribution in [0.3, 0.4) is 0 Å². The summed E-state index contributed by atoms with van der Waals surface area (Å²) in [6.45, 7) is 11.1. The van der Waals surface area contributed by atoms with Crippen molar-refractivity contribution in [3.63, 3.8) is 0 Å². The molecular weight excluding hydrogens is 457 g/mol. The Morgan fingerprint density at radius 2 is 1.79 bits per heavy atom. The van der Waals surface area contributed by atoms with Crippen molar-refractivity contribution < 1.29 is 0 Å². The second-order valence-corrected chi connectivity index (χ2v) is 9.42. The lowest BCUT2D eigenvalue weighted by Gasteiger charge is -2.36. The van der Waals surface area contributed by atoms with Gasteiger partial charge in [0.15, 0.2) is 5.65 Å². The van der Waals surface area contributed by atoms with Crippen LogP contribution in [0.2, 0.25) is 10.3 Å². The number of fused-ring (bicyclic) bond motifs is 1. The molecule has 0 unspecified atom stereocenters. The van der Waals surface area contributed by atoms with Crippen molar-refractivity contribution >= 4 is 39.9 Å². The third kappa shape index (κ3) is 5.23. The molecule has 0 aliphatic rings. The lowest BCUT2D eigenvalue weighted by Crippen LogP contribution is -2.37. The number of nitrogens with zero attached hydrogens (tertiary/aromatic N) is 7. The molecule has 0 bridgehead atoms. The average molecular weight is 486 g/mol. The van der Waals surface area contributed by atoms with Crippen LogP contribution < -0.4 is 4.90 Å². The molecule has 0 spiro atoms. The molecule has 174 valence electrons. The first kappa shape index (κ1) is 24.8. The predicted molar refractivity (Wildman–Crippen MR) is 134 cm³/mol. The van der Waals surface area contributed by atoms with Crippen LogP contribution >= 0.6 is 23.2 Å². The molecule has 0 N–H and O–H groups in total. The van der Waals surface area contributed by atoms with Crippen molar-refractivity contribution in [3.05, 3.63) is 57.4 Å². The summed E-state index contributed by atoms with van der Waals surface area (Å²) < 4.78 is 1.83. The normalized spacial score (nSPS) is 12.0. The highest BCUT2D eigenvalue weighted by Crippen LogP contribution is 2.30. The predicted octanol–water partition coefficient (Wildman–Crippen LogP) is 5.81. The van der Waals surface area contributed by atoms with Crippen LogP contribution in [0.1, 0.15) is 50.6 Å². The van der Waals surface area contributed by atoms with Gasteiger partial charge in [0, 0.05) is 31.2 Å². The first-order chi connectivity index (χ1) is 15.5. The zero-order valence-electron chi connectivity index (χ0n) is 20.1. The topological polar surface area (TPSA) is 73.9 Å². The van der Waals surface area contributed by atoms with Crippen LogP contribution in [0.15, 0.2) is 30.1 Å². The summed E-state index contributed by atoms with van der Waals surface area (Å²) in [5.74, 6) is 1.03. The lowest BCUT2D eigenvalue weighted by atomic mass is 9.98. The van der Waals surface area contributed by atoms with Gasteiger partial charge in [-0.15, -0.1) is 0 Å². The molecule has 3 heterocycles. The Hall–Kier alpha value is -2.82. The van der Waals surface area contributed by atoms with E-state index in [0.29, 0.717) is 18.3 Å². The average Bonchev–Trinajstić information content (AvgIpc) is 3.02. The molecule has 0 fully saturated rings. The van der Waals surface area contributed by atoms with E-state index in [0.717, 1.165) is 28.1 Å². The maximum atomic E-state index is 9.56. The maximum absolute atomic E-state index is 9.56. The Balaban J connectivity index is 2.08. The van der Waals surface area contributed by atoms with Gasteiger partial charge in [-0.1, -0.05) is 37.0 Å². The van der Waals surface area contributed by atoms with Gasteiger partial charge in [-0.05, 0) is 50.5 Å². The van der Waals surface area contributed by atoms with Gasteiger partial charge in [-0.2, -0.15) is 10.4 Å². The Morgan fingerprint density at radius 1 is 1.15 bits per heavy atom. The SMILES string of the molecule is Cc1nn(C)c2nc(CN(/C(=C/C#N)N(C)c3cc(Cl)nc(Cl)c3)C(C)C)cc(C(C)C)c12. The van der Waals surface area contributed by atoms with E-state index in [-0.39, 0.29) is 16.3 Å². The quantitative estimate of drug-likeness (QED) is 0.310. The number of rotatable bonds is 7. The van der Waals surface area contributed by atoms with Crippen LogP contribution in [0.4, 0.5) is 5.69 Å². The number of hydrogen-bond acceptors (Lipinski definition) is 6. The first-order valence-electron chi connectivity index (χ1n) is 10.8. The third-order valence-electron chi connectivity index (χ3n) is 5.60. The summed E-state index contributed by atoms with van der Waals surface area (Å²) >= 11 is 12.3. The highest BCUT2D eigenvalue weighted by Gasteiger charge is 2.22.